The van der Waals surface area contributed by atoms with E-state index in [1.807, 2.05) is 6.07 Å². The molecule has 56 heavy (non-hydrogen) atoms. The minimum Gasteiger partial charge on any atom is -0.436 e. The van der Waals surface area contributed by atoms with E-state index >= 15 is 0 Å². The van der Waals surface area contributed by atoms with Gasteiger partial charge in [0, 0.05) is 5.56 Å². The first-order chi connectivity index (χ1) is 26.5. The van der Waals surface area contributed by atoms with Gasteiger partial charge >= 0.3 is 0 Å². The predicted octanol–water partition coefficient (Wildman–Crippen LogP) is 15.6. The molecule has 9 aromatic rings. The van der Waals surface area contributed by atoms with Crippen molar-refractivity contribution in [2.75, 3.05) is 0 Å². The maximum Gasteiger partial charge on any atom is 0.227 e. The van der Waals surface area contributed by atoms with Crippen molar-refractivity contribution in [2.24, 2.45) is 0 Å². The van der Waals surface area contributed by atoms with Crippen molar-refractivity contribution in [3.05, 3.63) is 150 Å². The number of benzene rings is 8. The molecule has 0 atom stereocenters. The van der Waals surface area contributed by atoms with Gasteiger partial charge in [0.2, 0.25) is 5.89 Å². The van der Waals surface area contributed by atoms with Crippen LogP contribution in [-0.4, -0.2) is 4.98 Å². The Morgan fingerprint density at radius 3 is 1.12 bits per heavy atom. The molecule has 2 heteroatoms. The molecule has 278 valence electrons. The number of oxazole rings is 1. The zero-order chi connectivity index (χ0) is 39.3. The van der Waals surface area contributed by atoms with Crippen LogP contribution in [0.3, 0.4) is 0 Å². The summed E-state index contributed by atoms with van der Waals surface area (Å²) >= 11 is 0. The van der Waals surface area contributed by atoms with Crippen molar-refractivity contribution >= 4 is 43.4 Å². The van der Waals surface area contributed by atoms with Crippen molar-refractivity contribution in [3.63, 3.8) is 0 Å². The Labute approximate surface area is 331 Å². The third-order valence-corrected chi connectivity index (χ3v) is 11.9. The van der Waals surface area contributed by atoms with E-state index in [0.29, 0.717) is 5.89 Å². The fourth-order valence-corrected chi connectivity index (χ4v) is 8.49. The highest BCUT2D eigenvalue weighted by Gasteiger charge is 2.24. The predicted molar refractivity (Wildman–Crippen MR) is 240 cm³/mol. The monoisotopic (exact) mass is 729 g/mol. The lowest BCUT2D eigenvalue weighted by Gasteiger charge is -2.23. The van der Waals surface area contributed by atoms with Crippen molar-refractivity contribution < 1.29 is 4.42 Å². The molecule has 9 rings (SSSR count). The van der Waals surface area contributed by atoms with E-state index in [2.05, 4.69) is 191 Å². The Kier molecular flexibility index (Phi) is 8.12. The Morgan fingerprint density at radius 1 is 0.393 bits per heavy atom. The van der Waals surface area contributed by atoms with Gasteiger partial charge in [0.25, 0.3) is 0 Å². The second kappa shape index (κ2) is 12.6. The molecule has 1 heterocycles. The highest BCUT2D eigenvalue weighted by molar-refractivity contribution is 6.31. The van der Waals surface area contributed by atoms with Crippen LogP contribution >= 0.6 is 0 Å². The summed E-state index contributed by atoms with van der Waals surface area (Å²) in [4.78, 5) is 5.13. The van der Waals surface area contributed by atoms with Gasteiger partial charge in [-0.05, 0) is 135 Å². The van der Waals surface area contributed by atoms with Crippen molar-refractivity contribution in [2.45, 2.75) is 85.5 Å². The SMILES string of the molecule is Cc1ccc2oc(-c3cc(-c4ccc(C(C)(C)C)cc4)c4ccc5c(-c6ccc(C(C)(C)C)cc6)cc(-c6ccc(C(C)(C)C)cc6)c6ccc3c4c56)nc2c1. The molecule has 0 spiro atoms. The normalized spacial score (nSPS) is 12.8. The first kappa shape index (κ1) is 35.9. The van der Waals surface area contributed by atoms with E-state index in [9.17, 15) is 0 Å². The highest BCUT2D eigenvalue weighted by Crippen LogP contribution is 2.49. The van der Waals surface area contributed by atoms with Crippen molar-refractivity contribution in [3.8, 4) is 44.8 Å². The maximum atomic E-state index is 6.61. The average Bonchev–Trinajstić information content (AvgIpc) is 3.59. The third kappa shape index (κ3) is 6.07. The first-order valence-corrected chi connectivity index (χ1v) is 20.0. The summed E-state index contributed by atoms with van der Waals surface area (Å²) in [5.41, 5.74) is 15.3. The second-order valence-corrected chi connectivity index (χ2v) is 19.0. The van der Waals surface area contributed by atoms with Crippen LogP contribution in [0.1, 0.15) is 84.6 Å². The largest absolute Gasteiger partial charge is 0.436 e. The summed E-state index contributed by atoms with van der Waals surface area (Å²) in [7, 11) is 0. The van der Waals surface area contributed by atoms with Crippen LogP contribution in [0.5, 0.6) is 0 Å². The first-order valence-electron chi connectivity index (χ1n) is 20.0. The van der Waals surface area contributed by atoms with Crippen LogP contribution in [0.4, 0.5) is 0 Å². The lowest BCUT2D eigenvalue weighted by atomic mass is 9.81. The second-order valence-electron chi connectivity index (χ2n) is 19.0. The molecule has 2 nitrogen and oxygen atoms in total. The summed E-state index contributed by atoms with van der Waals surface area (Å²) < 4.78 is 6.61. The third-order valence-electron chi connectivity index (χ3n) is 11.9. The number of rotatable bonds is 4. The summed E-state index contributed by atoms with van der Waals surface area (Å²) in [5, 5.41) is 7.38. The molecule has 0 amide bonds. The Hall–Kier alpha value is -5.73. The minimum absolute atomic E-state index is 0.0612. The van der Waals surface area contributed by atoms with Crippen LogP contribution < -0.4 is 0 Å². The quantitative estimate of drug-likeness (QED) is 0.169. The lowest BCUT2D eigenvalue weighted by molar-refractivity contribution is 0.590. The van der Waals surface area contributed by atoms with Crippen LogP contribution in [0.15, 0.2) is 132 Å². The van der Waals surface area contributed by atoms with Crippen LogP contribution in [0, 0.1) is 6.92 Å². The number of fused-ring (bicyclic) bond motifs is 1. The standard InChI is InChI=1S/C54H51NO/c1-32-11-28-48-47(29-32)55-51(56-48)46-31-45(35-16-22-38(23-17-35)54(8,9)10)41-25-24-39-43(33-12-18-36(19-13-33)52(2,3)4)30-44(40-26-27-42(46)50(41)49(39)40)34-14-20-37(21-15-34)53(5,6)7/h11-31H,1-10H3. The molecule has 0 aliphatic rings. The fourth-order valence-electron chi connectivity index (χ4n) is 8.49. The van der Waals surface area contributed by atoms with E-state index in [4.69, 9.17) is 9.40 Å². The van der Waals surface area contributed by atoms with Gasteiger partial charge in [-0.15, -0.1) is 0 Å². The molecule has 0 saturated heterocycles. The summed E-state index contributed by atoms with van der Waals surface area (Å²) in [5.74, 6) is 0.645. The number of aryl methyl sites for hydroxylation is 1. The molecule has 0 aliphatic heterocycles. The molecular formula is C54H51NO. The molecule has 0 unspecified atom stereocenters. The Bertz CT molecular complexity index is 2840. The molecule has 8 aromatic carbocycles. The number of aromatic nitrogens is 1. The van der Waals surface area contributed by atoms with E-state index in [-0.39, 0.29) is 16.2 Å². The molecule has 0 saturated carbocycles. The van der Waals surface area contributed by atoms with Gasteiger partial charge in [-0.2, -0.15) is 0 Å². The van der Waals surface area contributed by atoms with Crippen LogP contribution in [0.25, 0.3) is 88.3 Å². The lowest BCUT2D eigenvalue weighted by Crippen LogP contribution is -2.10. The molecular weight excluding hydrogens is 679 g/mol. The van der Waals surface area contributed by atoms with Crippen LogP contribution in [-0.2, 0) is 16.2 Å². The Balaban J connectivity index is 1.40. The number of hydrogen-bond donors (Lipinski definition) is 0. The summed E-state index contributed by atoms with van der Waals surface area (Å²) in [6.45, 7) is 22.6. The van der Waals surface area contributed by atoms with Gasteiger partial charge in [-0.1, -0.05) is 165 Å². The molecule has 0 bridgehead atoms. The van der Waals surface area contributed by atoms with Gasteiger partial charge < -0.3 is 4.42 Å². The smallest absolute Gasteiger partial charge is 0.227 e. The maximum absolute atomic E-state index is 6.61. The van der Waals surface area contributed by atoms with Crippen molar-refractivity contribution in [1.82, 2.24) is 4.98 Å². The molecule has 1 aromatic heterocycles. The van der Waals surface area contributed by atoms with Gasteiger partial charge in [0.05, 0.1) is 0 Å². The average molecular weight is 730 g/mol. The summed E-state index contributed by atoms with van der Waals surface area (Å²) in [6, 6.07) is 47.9. The van der Waals surface area contributed by atoms with Gasteiger partial charge in [-0.3, -0.25) is 0 Å². The van der Waals surface area contributed by atoms with Gasteiger partial charge in [-0.25, -0.2) is 4.98 Å². The molecule has 0 radical (unpaired) electrons. The van der Waals surface area contributed by atoms with Crippen molar-refractivity contribution in [1.29, 1.82) is 0 Å². The van der Waals surface area contributed by atoms with E-state index in [1.165, 1.54) is 82.6 Å². The zero-order valence-corrected chi connectivity index (χ0v) is 34.5. The van der Waals surface area contributed by atoms with Gasteiger partial charge in [0.15, 0.2) is 5.58 Å². The zero-order valence-electron chi connectivity index (χ0n) is 34.5. The molecule has 0 fully saturated rings. The number of hydrogen-bond acceptors (Lipinski definition) is 2. The van der Waals surface area contributed by atoms with Crippen LogP contribution in [0.2, 0.25) is 0 Å². The minimum atomic E-state index is 0.0612. The van der Waals surface area contributed by atoms with Gasteiger partial charge in [0.1, 0.15) is 5.52 Å². The molecule has 0 aliphatic carbocycles. The highest BCUT2D eigenvalue weighted by atomic mass is 16.3. The van der Waals surface area contributed by atoms with E-state index in [0.717, 1.165) is 22.0 Å². The topological polar surface area (TPSA) is 26.0 Å². The Morgan fingerprint density at radius 2 is 0.750 bits per heavy atom. The fraction of sp³-hybridized carbons (Fsp3) is 0.241. The van der Waals surface area contributed by atoms with E-state index < -0.39 is 0 Å². The summed E-state index contributed by atoms with van der Waals surface area (Å²) in [6.07, 6.45) is 0. The number of nitrogens with zero attached hydrogens (tertiary/aromatic N) is 1. The molecule has 0 N–H and O–H groups in total. The van der Waals surface area contributed by atoms with E-state index in [1.54, 1.807) is 0 Å².